The van der Waals surface area contributed by atoms with E-state index in [1.807, 2.05) is 28.9 Å². The lowest BCUT2D eigenvalue weighted by Gasteiger charge is -2.35. The minimum Gasteiger partial charge on any atom is -0.338 e. The number of carbonyl (C=O) groups is 2. The molecule has 1 aromatic heterocycles. The van der Waals surface area contributed by atoms with Crippen LogP contribution in [0.4, 0.5) is 0 Å². The largest absolute Gasteiger partial charge is 0.338 e. The van der Waals surface area contributed by atoms with Gasteiger partial charge in [0.2, 0.25) is 5.91 Å². The van der Waals surface area contributed by atoms with E-state index in [0.717, 1.165) is 59.5 Å². The highest BCUT2D eigenvalue weighted by Crippen LogP contribution is 2.33. The number of thiophene rings is 1. The summed E-state index contributed by atoms with van der Waals surface area (Å²) in [6.07, 6.45) is 1.68. The second-order valence-electron chi connectivity index (χ2n) is 7.34. The summed E-state index contributed by atoms with van der Waals surface area (Å²) in [6, 6.07) is 7.83. The molecule has 2 saturated heterocycles. The molecule has 0 N–H and O–H groups in total. The fraction of sp³-hybridized carbons (Fsp3) is 0.500. The molecule has 4 rings (SSSR count). The first-order valence-corrected chi connectivity index (χ1v) is 10.1. The van der Waals surface area contributed by atoms with E-state index in [-0.39, 0.29) is 17.9 Å². The van der Waals surface area contributed by atoms with Crippen molar-refractivity contribution in [1.82, 2.24) is 14.7 Å². The summed E-state index contributed by atoms with van der Waals surface area (Å²) in [5, 5.41) is 1.14. The van der Waals surface area contributed by atoms with Crippen LogP contribution in [-0.2, 0) is 4.79 Å². The van der Waals surface area contributed by atoms with E-state index in [1.165, 1.54) is 0 Å². The van der Waals surface area contributed by atoms with Crippen molar-refractivity contribution < 1.29 is 9.59 Å². The molecule has 2 amide bonds. The number of benzene rings is 1. The molecule has 0 saturated carbocycles. The topological polar surface area (TPSA) is 43.9 Å². The first kappa shape index (κ1) is 17.5. The number of hydrogen-bond acceptors (Lipinski definition) is 4. The van der Waals surface area contributed by atoms with Crippen molar-refractivity contribution in [3.63, 3.8) is 0 Å². The van der Waals surface area contributed by atoms with Crippen LogP contribution in [0.1, 0.15) is 28.1 Å². The molecular formula is C20H25N3O2S. The van der Waals surface area contributed by atoms with Gasteiger partial charge in [0.05, 0.1) is 4.88 Å². The summed E-state index contributed by atoms with van der Waals surface area (Å²) >= 11 is 1.55. The molecule has 138 valence electrons. The van der Waals surface area contributed by atoms with Crippen molar-refractivity contribution in [2.75, 3.05) is 39.8 Å². The van der Waals surface area contributed by atoms with Gasteiger partial charge in [-0.3, -0.25) is 9.59 Å². The first-order valence-electron chi connectivity index (χ1n) is 9.32. The number of fused-ring (bicyclic) bond motifs is 1. The zero-order valence-corrected chi connectivity index (χ0v) is 16.2. The number of amides is 2. The Morgan fingerprint density at radius 1 is 1.08 bits per heavy atom. The van der Waals surface area contributed by atoms with Crippen molar-refractivity contribution in [3.05, 3.63) is 34.7 Å². The summed E-state index contributed by atoms with van der Waals surface area (Å²) in [6.45, 7) is 6.02. The lowest BCUT2D eigenvalue weighted by Crippen LogP contribution is -2.53. The third-order valence-corrected chi connectivity index (χ3v) is 6.91. The smallest absolute Gasteiger partial charge is 0.264 e. The Morgan fingerprint density at radius 2 is 1.81 bits per heavy atom. The third kappa shape index (κ3) is 3.01. The molecule has 2 fully saturated rings. The zero-order valence-electron chi connectivity index (χ0n) is 15.4. The van der Waals surface area contributed by atoms with Crippen LogP contribution < -0.4 is 0 Å². The van der Waals surface area contributed by atoms with Crippen molar-refractivity contribution in [2.24, 2.45) is 0 Å². The highest BCUT2D eigenvalue weighted by molar-refractivity contribution is 7.21. The predicted molar refractivity (Wildman–Crippen MR) is 105 cm³/mol. The van der Waals surface area contributed by atoms with Crippen molar-refractivity contribution in [1.29, 1.82) is 0 Å². The maximum Gasteiger partial charge on any atom is 0.264 e. The van der Waals surface area contributed by atoms with Gasteiger partial charge in [-0.05, 0) is 43.8 Å². The SMILES string of the molecule is Cc1c(C(=O)N2CCC[C@H]2C(=O)N2CCN(C)CC2)sc2ccccc12. The average molecular weight is 372 g/mol. The lowest BCUT2D eigenvalue weighted by molar-refractivity contribution is -0.136. The van der Waals surface area contributed by atoms with Crippen LogP contribution in [0.5, 0.6) is 0 Å². The van der Waals surface area contributed by atoms with E-state index in [0.29, 0.717) is 6.54 Å². The number of likely N-dealkylation sites (N-methyl/N-ethyl adjacent to an activating group) is 1. The molecule has 3 heterocycles. The van der Waals surface area contributed by atoms with Gasteiger partial charge in [-0.2, -0.15) is 0 Å². The fourth-order valence-electron chi connectivity index (χ4n) is 4.01. The van der Waals surface area contributed by atoms with Gasteiger partial charge in [0.1, 0.15) is 6.04 Å². The number of carbonyl (C=O) groups excluding carboxylic acids is 2. The van der Waals surface area contributed by atoms with Gasteiger partial charge in [0.25, 0.3) is 5.91 Å². The minimum absolute atomic E-state index is 0.0219. The standard InChI is InChI=1S/C20H25N3O2S/c1-14-15-6-3-4-8-17(15)26-18(14)20(25)23-9-5-7-16(23)19(24)22-12-10-21(2)11-13-22/h3-4,6,8,16H,5,7,9-13H2,1-2H3/t16-/m0/s1. The third-order valence-electron chi connectivity index (χ3n) is 5.65. The van der Waals surface area contributed by atoms with Crippen LogP contribution >= 0.6 is 11.3 Å². The van der Waals surface area contributed by atoms with E-state index >= 15 is 0 Å². The summed E-state index contributed by atoms with van der Waals surface area (Å²) < 4.78 is 1.13. The molecule has 2 aliphatic heterocycles. The van der Waals surface area contributed by atoms with Crippen LogP contribution in [0.2, 0.25) is 0 Å². The molecule has 6 heteroatoms. The highest BCUT2D eigenvalue weighted by atomic mass is 32.1. The number of hydrogen-bond donors (Lipinski definition) is 0. The van der Waals surface area contributed by atoms with E-state index in [1.54, 1.807) is 11.3 Å². The average Bonchev–Trinajstić information content (AvgIpc) is 3.27. The molecule has 1 aromatic carbocycles. The van der Waals surface area contributed by atoms with E-state index < -0.39 is 0 Å². The van der Waals surface area contributed by atoms with Gasteiger partial charge in [-0.1, -0.05) is 18.2 Å². The minimum atomic E-state index is -0.296. The van der Waals surface area contributed by atoms with Crippen molar-refractivity contribution >= 4 is 33.2 Å². The maximum absolute atomic E-state index is 13.2. The van der Waals surface area contributed by atoms with Gasteiger partial charge < -0.3 is 14.7 Å². The molecule has 0 spiro atoms. The van der Waals surface area contributed by atoms with Gasteiger partial charge in [0, 0.05) is 37.4 Å². The molecule has 0 unspecified atom stereocenters. The van der Waals surface area contributed by atoms with Gasteiger partial charge in [-0.15, -0.1) is 11.3 Å². The Morgan fingerprint density at radius 3 is 2.54 bits per heavy atom. The Hall–Kier alpha value is -1.92. The molecule has 0 aliphatic carbocycles. The quantitative estimate of drug-likeness (QED) is 0.815. The van der Waals surface area contributed by atoms with Crippen molar-refractivity contribution in [2.45, 2.75) is 25.8 Å². The molecule has 0 bridgehead atoms. The number of rotatable bonds is 2. The number of piperazine rings is 1. The summed E-state index contributed by atoms with van der Waals surface area (Å²) in [5.41, 5.74) is 1.04. The molecule has 1 atom stereocenters. The molecular weight excluding hydrogens is 346 g/mol. The van der Waals surface area contributed by atoms with Gasteiger partial charge in [-0.25, -0.2) is 0 Å². The first-order chi connectivity index (χ1) is 12.6. The highest BCUT2D eigenvalue weighted by Gasteiger charge is 2.38. The molecule has 0 radical (unpaired) electrons. The van der Waals surface area contributed by atoms with Crippen LogP contribution in [0.15, 0.2) is 24.3 Å². The van der Waals surface area contributed by atoms with E-state index in [9.17, 15) is 9.59 Å². The van der Waals surface area contributed by atoms with Gasteiger partial charge >= 0.3 is 0 Å². The Bertz CT molecular complexity index is 839. The monoisotopic (exact) mass is 371 g/mol. The Balaban J connectivity index is 1.56. The summed E-state index contributed by atoms with van der Waals surface area (Å²) in [5.74, 6) is 0.149. The number of likely N-dealkylation sites (tertiary alicyclic amines) is 1. The van der Waals surface area contributed by atoms with Gasteiger partial charge in [0.15, 0.2) is 0 Å². The fourth-order valence-corrected chi connectivity index (χ4v) is 5.18. The number of aryl methyl sites for hydroxylation is 1. The molecule has 2 aliphatic rings. The predicted octanol–water partition coefficient (Wildman–Crippen LogP) is 2.59. The lowest BCUT2D eigenvalue weighted by atomic mass is 10.1. The van der Waals surface area contributed by atoms with Crippen LogP contribution in [0.25, 0.3) is 10.1 Å². The van der Waals surface area contributed by atoms with Crippen molar-refractivity contribution in [3.8, 4) is 0 Å². The van der Waals surface area contributed by atoms with Crippen LogP contribution in [0.3, 0.4) is 0 Å². The molecule has 5 nitrogen and oxygen atoms in total. The maximum atomic E-state index is 13.2. The Kier molecular flexibility index (Phi) is 4.71. The zero-order chi connectivity index (χ0) is 18.3. The molecule has 2 aromatic rings. The van der Waals surface area contributed by atoms with E-state index in [2.05, 4.69) is 24.1 Å². The molecule has 26 heavy (non-hydrogen) atoms. The normalized spacial score (nSPS) is 21.5. The number of nitrogens with zero attached hydrogens (tertiary/aromatic N) is 3. The Labute approximate surface area is 158 Å². The summed E-state index contributed by atoms with van der Waals surface area (Å²) in [7, 11) is 2.08. The second kappa shape index (κ2) is 7.00. The summed E-state index contributed by atoms with van der Waals surface area (Å²) in [4.78, 5) is 33.0. The van der Waals surface area contributed by atoms with E-state index in [4.69, 9.17) is 0 Å². The second-order valence-corrected chi connectivity index (χ2v) is 8.39. The van der Waals surface area contributed by atoms with Crippen LogP contribution in [-0.4, -0.2) is 72.3 Å². The van der Waals surface area contributed by atoms with Crippen LogP contribution in [0, 0.1) is 6.92 Å².